The number of aliphatic hydroxyl groups is 1. The number of aliphatic hydroxyl groups excluding tert-OH is 1. The van der Waals surface area contributed by atoms with Crippen LogP contribution in [0.25, 0.3) is 0 Å². The van der Waals surface area contributed by atoms with Gasteiger partial charge in [-0.15, -0.1) is 24.0 Å². The fraction of sp³-hybridized carbons (Fsp3) is 0.700. The van der Waals surface area contributed by atoms with E-state index in [1.807, 2.05) is 6.92 Å². The van der Waals surface area contributed by atoms with Crippen molar-refractivity contribution in [3.05, 3.63) is 23.9 Å². The van der Waals surface area contributed by atoms with Gasteiger partial charge in [-0.3, -0.25) is 0 Å². The molecule has 0 radical (unpaired) electrons. The molecule has 0 atom stereocenters. The SMILES string of the molecule is CCNC(=NCc1cccnc1OCC(F)(F)F)NCC1(CCO)CCCCC1.I. The molecule has 1 aliphatic rings. The average molecular weight is 544 g/mol. The number of halogens is 4. The van der Waals surface area contributed by atoms with E-state index in [9.17, 15) is 18.3 Å². The molecular weight excluding hydrogens is 512 g/mol. The van der Waals surface area contributed by atoms with Crippen LogP contribution in [0.1, 0.15) is 51.0 Å². The van der Waals surface area contributed by atoms with Gasteiger partial charge in [-0.05, 0) is 37.7 Å². The monoisotopic (exact) mass is 544 g/mol. The third kappa shape index (κ3) is 9.23. The number of aromatic nitrogens is 1. The Morgan fingerprint density at radius 3 is 2.63 bits per heavy atom. The van der Waals surface area contributed by atoms with E-state index >= 15 is 0 Å². The summed E-state index contributed by atoms with van der Waals surface area (Å²) in [5, 5.41) is 16.0. The molecule has 10 heteroatoms. The van der Waals surface area contributed by atoms with Gasteiger partial charge in [0.15, 0.2) is 12.6 Å². The first-order valence-corrected chi connectivity index (χ1v) is 10.1. The van der Waals surface area contributed by atoms with Gasteiger partial charge >= 0.3 is 6.18 Å². The summed E-state index contributed by atoms with van der Waals surface area (Å²) in [5.74, 6) is 0.523. The van der Waals surface area contributed by atoms with Gasteiger partial charge in [0.2, 0.25) is 5.88 Å². The van der Waals surface area contributed by atoms with E-state index in [2.05, 4.69) is 20.6 Å². The molecule has 0 amide bonds. The zero-order valence-corrected chi connectivity index (χ0v) is 19.6. The molecule has 0 aliphatic heterocycles. The summed E-state index contributed by atoms with van der Waals surface area (Å²) in [7, 11) is 0. The van der Waals surface area contributed by atoms with Gasteiger partial charge < -0.3 is 20.5 Å². The second kappa shape index (κ2) is 13.2. The first-order chi connectivity index (χ1) is 13.9. The van der Waals surface area contributed by atoms with Gasteiger partial charge in [0.1, 0.15) is 0 Å². The maximum atomic E-state index is 12.4. The molecule has 0 unspecified atom stereocenters. The number of guanidine groups is 1. The Balaban J connectivity index is 0.00000450. The number of ether oxygens (including phenoxy) is 1. The van der Waals surface area contributed by atoms with E-state index in [4.69, 9.17) is 4.74 Å². The Labute approximate surface area is 193 Å². The average Bonchev–Trinajstić information content (AvgIpc) is 2.69. The van der Waals surface area contributed by atoms with Crippen molar-refractivity contribution in [3.8, 4) is 5.88 Å². The van der Waals surface area contributed by atoms with E-state index in [-0.39, 0.29) is 48.4 Å². The summed E-state index contributed by atoms with van der Waals surface area (Å²) in [4.78, 5) is 8.40. The Bertz CT molecular complexity index is 648. The Morgan fingerprint density at radius 1 is 1.27 bits per heavy atom. The zero-order chi connectivity index (χ0) is 21.2. The first-order valence-electron chi connectivity index (χ1n) is 10.1. The molecule has 1 aromatic rings. The molecule has 1 fully saturated rings. The van der Waals surface area contributed by atoms with Gasteiger partial charge in [0.25, 0.3) is 0 Å². The summed E-state index contributed by atoms with van der Waals surface area (Å²) in [6.07, 6.45) is 3.39. The summed E-state index contributed by atoms with van der Waals surface area (Å²) < 4.78 is 42.2. The number of nitrogens with one attached hydrogen (secondary N) is 2. The zero-order valence-electron chi connectivity index (χ0n) is 17.3. The third-order valence-electron chi connectivity index (χ3n) is 5.16. The largest absolute Gasteiger partial charge is 0.468 e. The van der Waals surface area contributed by atoms with E-state index in [0.29, 0.717) is 24.6 Å². The minimum absolute atomic E-state index is 0. The lowest BCUT2D eigenvalue weighted by molar-refractivity contribution is -0.154. The van der Waals surface area contributed by atoms with Crippen LogP contribution >= 0.6 is 24.0 Å². The minimum atomic E-state index is -4.42. The van der Waals surface area contributed by atoms with Crippen LogP contribution in [0.15, 0.2) is 23.3 Å². The normalized spacial score (nSPS) is 16.5. The second-order valence-electron chi connectivity index (χ2n) is 7.45. The van der Waals surface area contributed by atoms with E-state index in [1.165, 1.54) is 12.6 Å². The number of rotatable bonds is 9. The van der Waals surface area contributed by atoms with Crippen molar-refractivity contribution in [1.82, 2.24) is 15.6 Å². The predicted molar refractivity (Wildman–Crippen MR) is 121 cm³/mol. The minimum Gasteiger partial charge on any atom is -0.468 e. The molecule has 1 heterocycles. The van der Waals surface area contributed by atoms with Crippen LogP contribution in [-0.2, 0) is 6.54 Å². The molecule has 2 rings (SSSR count). The number of pyridine rings is 1. The van der Waals surface area contributed by atoms with Crippen LogP contribution in [0.5, 0.6) is 5.88 Å². The number of hydrogen-bond donors (Lipinski definition) is 3. The fourth-order valence-electron chi connectivity index (χ4n) is 3.66. The first kappa shape index (κ1) is 26.7. The molecule has 1 aliphatic carbocycles. The summed E-state index contributed by atoms with van der Waals surface area (Å²) in [6, 6.07) is 3.30. The maximum absolute atomic E-state index is 12.4. The Morgan fingerprint density at radius 2 is 2.00 bits per heavy atom. The summed E-state index contributed by atoms with van der Waals surface area (Å²) in [6.45, 7) is 2.22. The molecule has 1 saturated carbocycles. The molecule has 1 aromatic heterocycles. The molecular formula is C20H32F3IN4O2. The highest BCUT2D eigenvalue weighted by atomic mass is 127. The van der Waals surface area contributed by atoms with Gasteiger partial charge in [-0.25, -0.2) is 9.98 Å². The van der Waals surface area contributed by atoms with Gasteiger partial charge in [0.05, 0.1) is 6.54 Å². The highest BCUT2D eigenvalue weighted by molar-refractivity contribution is 14.0. The van der Waals surface area contributed by atoms with Gasteiger partial charge in [0, 0.05) is 31.5 Å². The standard InChI is InChI=1S/C20H31F3N4O2.HI/c1-2-24-18(27-14-19(10-12-28)8-4-3-5-9-19)26-13-16-7-6-11-25-17(16)29-15-20(21,22)23;/h6-7,11,28H,2-5,8-10,12-15H2,1H3,(H2,24,26,27);1H. The van der Waals surface area contributed by atoms with Crippen LogP contribution in [0.3, 0.4) is 0 Å². The topological polar surface area (TPSA) is 78.8 Å². The number of alkyl halides is 3. The molecule has 6 nitrogen and oxygen atoms in total. The molecule has 0 bridgehead atoms. The highest BCUT2D eigenvalue weighted by Crippen LogP contribution is 2.38. The molecule has 0 saturated heterocycles. The molecule has 30 heavy (non-hydrogen) atoms. The molecule has 3 N–H and O–H groups in total. The lowest BCUT2D eigenvalue weighted by Crippen LogP contribution is -2.45. The van der Waals surface area contributed by atoms with Gasteiger partial charge in [-0.2, -0.15) is 13.2 Å². The highest BCUT2D eigenvalue weighted by Gasteiger charge is 2.31. The van der Waals surface area contributed by atoms with Gasteiger partial charge in [-0.1, -0.05) is 25.3 Å². The van der Waals surface area contributed by atoms with Crippen LogP contribution in [0, 0.1) is 5.41 Å². The summed E-state index contributed by atoms with van der Waals surface area (Å²) in [5.41, 5.74) is 0.537. The van der Waals surface area contributed by atoms with Crippen LogP contribution in [0.2, 0.25) is 0 Å². The van der Waals surface area contributed by atoms with E-state index in [0.717, 1.165) is 32.1 Å². The van der Waals surface area contributed by atoms with Crippen molar-refractivity contribution in [2.24, 2.45) is 10.4 Å². The quantitative estimate of drug-likeness (QED) is 0.249. The van der Waals surface area contributed by atoms with Crippen molar-refractivity contribution < 1.29 is 23.0 Å². The lowest BCUT2D eigenvalue weighted by Gasteiger charge is -2.37. The Kier molecular flexibility index (Phi) is 11.7. The summed E-state index contributed by atoms with van der Waals surface area (Å²) >= 11 is 0. The van der Waals surface area contributed by atoms with Crippen molar-refractivity contribution >= 4 is 29.9 Å². The smallest absolute Gasteiger partial charge is 0.422 e. The van der Waals surface area contributed by atoms with Crippen molar-refractivity contribution in [1.29, 1.82) is 0 Å². The van der Waals surface area contributed by atoms with Crippen molar-refractivity contribution in [2.45, 2.75) is 58.2 Å². The maximum Gasteiger partial charge on any atom is 0.422 e. The fourth-order valence-corrected chi connectivity index (χ4v) is 3.66. The molecule has 0 spiro atoms. The van der Waals surface area contributed by atoms with Crippen LogP contribution in [-0.4, -0.2) is 48.5 Å². The lowest BCUT2D eigenvalue weighted by atomic mass is 9.72. The van der Waals surface area contributed by atoms with E-state index in [1.54, 1.807) is 12.1 Å². The van der Waals surface area contributed by atoms with Crippen LogP contribution < -0.4 is 15.4 Å². The Hall–Kier alpha value is -1.30. The van der Waals surface area contributed by atoms with Crippen molar-refractivity contribution in [2.75, 3.05) is 26.3 Å². The second-order valence-corrected chi connectivity index (χ2v) is 7.45. The third-order valence-corrected chi connectivity index (χ3v) is 5.16. The molecule has 172 valence electrons. The van der Waals surface area contributed by atoms with Crippen LogP contribution in [0.4, 0.5) is 13.2 Å². The predicted octanol–water partition coefficient (Wildman–Crippen LogP) is 4.03. The number of hydrogen-bond acceptors (Lipinski definition) is 4. The molecule has 0 aromatic carbocycles. The van der Waals surface area contributed by atoms with Crippen molar-refractivity contribution in [3.63, 3.8) is 0 Å². The van der Waals surface area contributed by atoms with E-state index < -0.39 is 12.8 Å². The number of aliphatic imine (C=N–C) groups is 1. The number of nitrogens with zero attached hydrogens (tertiary/aromatic N) is 2.